The summed E-state index contributed by atoms with van der Waals surface area (Å²) in [6, 6.07) is 18.4. The van der Waals surface area contributed by atoms with Gasteiger partial charge in [-0.05, 0) is 24.6 Å². The van der Waals surface area contributed by atoms with Crippen molar-refractivity contribution in [1.29, 1.82) is 0 Å². The maximum absolute atomic E-state index is 13.0. The van der Waals surface area contributed by atoms with Gasteiger partial charge in [-0.25, -0.2) is 8.57 Å². The van der Waals surface area contributed by atoms with Crippen molar-refractivity contribution >= 4 is 9.73 Å². The van der Waals surface area contributed by atoms with E-state index in [0.29, 0.717) is 4.90 Å². The fourth-order valence-corrected chi connectivity index (χ4v) is 4.17. The van der Waals surface area contributed by atoms with E-state index < -0.39 is 15.3 Å². The van der Waals surface area contributed by atoms with Crippen LogP contribution in [0.3, 0.4) is 0 Å². The highest BCUT2D eigenvalue weighted by molar-refractivity contribution is 7.93. The molecule has 3 nitrogen and oxygen atoms in total. The quantitative estimate of drug-likeness (QED) is 0.940. The summed E-state index contributed by atoms with van der Waals surface area (Å²) in [7, 11) is -1.10. The van der Waals surface area contributed by atoms with Crippen molar-refractivity contribution in [3.63, 3.8) is 0 Å². The normalized spacial score (nSPS) is 16.9. The number of nitrogens with zero attached hydrogens (tertiary/aromatic N) is 1. The predicted octanol–water partition coefficient (Wildman–Crippen LogP) is 3.05. The van der Waals surface area contributed by atoms with Gasteiger partial charge in [-0.15, -0.1) is 0 Å². The van der Waals surface area contributed by atoms with E-state index in [1.54, 1.807) is 19.1 Å². The third-order valence-electron chi connectivity index (χ3n) is 3.28. The van der Waals surface area contributed by atoms with Crippen molar-refractivity contribution in [1.82, 2.24) is 0 Å². The molecule has 0 aliphatic heterocycles. The molecular formula is C16H19NO2S. The zero-order chi connectivity index (χ0) is 14.6. The van der Waals surface area contributed by atoms with E-state index in [2.05, 4.69) is 4.36 Å². The molecule has 2 aromatic rings. The van der Waals surface area contributed by atoms with Crippen LogP contribution in [-0.2, 0) is 15.3 Å². The second-order valence-corrected chi connectivity index (χ2v) is 7.33. The molecule has 4 heteroatoms. The number of hydrogen-bond donors (Lipinski definition) is 1. The fraction of sp³-hybridized carbons (Fsp3) is 0.250. The van der Waals surface area contributed by atoms with Crippen LogP contribution >= 0.6 is 0 Å². The van der Waals surface area contributed by atoms with Gasteiger partial charge in [-0.2, -0.15) is 0 Å². The molecule has 0 aliphatic rings. The van der Waals surface area contributed by atoms with Gasteiger partial charge in [-0.1, -0.05) is 48.5 Å². The smallest absolute Gasteiger partial charge is 0.0995 e. The van der Waals surface area contributed by atoms with Gasteiger partial charge in [0.05, 0.1) is 21.1 Å². The molecule has 2 aromatic carbocycles. The molecule has 0 saturated carbocycles. The summed E-state index contributed by atoms with van der Waals surface area (Å²) in [5.41, 5.74) is -0.444. The summed E-state index contributed by atoms with van der Waals surface area (Å²) >= 11 is 0. The maximum Gasteiger partial charge on any atom is 0.0995 e. The number of benzene rings is 2. The van der Waals surface area contributed by atoms with Gasteiger partial charge in [-0.3, -0.25) is 0 Å². The van der Waals surface area contributed by atoms with Crippen LogP contribution in [0.2, 0.25) is 0 Å². The number of aliphatic hydroxyl groups is 1. The fourth-order valence-electron chi connectivity index (χ4n) is 2.15. The molecule has 0 radical (unpaired) electrons. The van der Waals surface area contributed by atoms with Crippen LogP contribution < -0.4 is 0 Å². The molecule has 0 fully saturated rings. The molecule has 0 bridgehead atoms. The second kappa shape index (κ2) is 5.77. The van der Waals surface area contributed by atoms with Gasteiger partial charge in [0.25, 0.3) is 0 Å². The largest absolute Gasteiger partial charge is 0.384 e. The highest BCUT2D eigenvalue weighted by atomic mass is 32.2. The Kier molecular flexibility index (Phi) is 4.26. The first-order valence-electron chi connectivity index (χ1n) is 6.44. The van der Waals surface area contributed by atoms with Gasteiger partial charge in [0.2, 0.25) is 0 Å². The third kappa shape index (κ3) is 3.08. The van der Waals surface area contributed by atoms with Gasteiger partial charge >= 0.3 is 0 Å². The topological polar surface area (TPSA) is 49.7 Å². The molecule has 0 heterocycles. The Hall–Kier alpha value is -1.65. The zero-order valence-corrected chi connectivity index (χ0v) is 12.5. The van der Waals surface area contributed by atoms with E-state index in [0.717, 1.165) is 5.56 Å². The first-order valence-corrected chi connectivity index (χ1v) is 8.12. The Morgan fingerprint density at radius 1 is 1.05 bits per heavy atom. The predicted molar refractivity (Wildman–Crippen MR) is 82.1 cm³/mol. The van der Waals surface area contributed by atoms with Crippen molar-refractivity contribution < 1.29 is 9.32 Å². The number of hydrogen-bond acceptors (Lipinski definition) is 3. The Labute approximate surface area is 120 Å². The average molecular weight is 289 g/mol. The summed E-state index contributed by atoms with van der Waals surface area (Å²) in [6.07, 6.45) is 0. The summed E-state index contributed by atoms with van der Waals surface area (Å²) in [5, 5.41) is 10.7. The standard InChI is InChI=1S/C16H19NO2S/c1-16(18,14-9-5-3-6-10-14)13-20(19,17-2)15-11-7-4-8-12-15/h3-12,18H,13H2,1-2H3/t16?,20-/m0/s1. The molecule has 106 valence electrons. The lowest BCUT2D eigenvalue weighted by Crippen LogP contribution is -2.31. The van der Waals surface area contributed by atoms with Crippen LogP contribution in [0.5, 0.6) is 0 Å². The van der Waals surface area contributed by atoms with E-state index in [1.807, 2.05) is 48.5 Å². The minimum absolute atomic E-state index is 0.0739. The molecule has 2 rings (SSSR count). The van der Waals surface area contributed by atoms with E-state index in [-0.39, 0.29) is 5.75 Å². The Balaban J connectivity index is 2.39. The molecule has 2 atom stereocenters. The molecule has 0 amide bonds. The SMILES string of the molecule is CN=[S@](=O)(CC(C)(O)c1ccccc1)c1ccccc1. The van der Waals surface area contributed by atoms with Gasteiger partial charge in [0, 0.05) is 11.9 Å². The van der Waals surface area contributed by atoms with E-state index in [4.69, 9.17) is 0 Å². The van der Waals surface area contributed by atoms with Gasteiger partial charge in [0.1, 0.15) is 0 Å². The summed E-state index contributed by atoms with van der Waals surface area (Å²) < 4.78 is 17.1. The molecule has 0 spiro atoms. The average Bonchev–Trinajstić information content (AvgIpc) is 2.48. The lowest BCUT2D eigenvalue weighted by atomic mass is 9.99. The van der Waals surface area contributed by atoms with Crippen LogP contribution in [0, 0.1) is 0 Å². The first kappa shape index (κ1) is 14.8. The molecule has 0 aliphatic carbocycles. The first-order chi connectivity index (χ1) is 9.48. The Bertz CT molecular complexity index is 672. The lowest BCUT2D eigenvalue weighted by molar-refractivity contribution is 0.0826. The van der Waals surface area contributed by atoms with Gasteiger partial charge in [0.15, 0.2) is 0 Å². The maximum atomic E-state index is 13.0. The van der Waals surface area contributed by atoms with Crippen molar-refractivity contribution in [3.05, 3.63) is 66.2 Å². The minimum Gasteiger partial charge on any atom is -0.384 e. The lowest BCUT2D eigenvalue weighted by Gasteiger charge is -2.25. The van der Waals surface area contributed by atoms with Crippen LogP contribution in [-0.4, -0.2) is 22.1 Å². The summed E-state index contributed by atoms with van der Waals surface area (Å²) in [5.74, 6) is 0.0739. The Morgan fingerprint density at radius 3 is 2.05 bits per heavy atom. The van der Waals surface area contributed by atoms with Gasteiger partial charge < -0.3 is 5.11 Å². The number of rotatable bonds is 4. The molecule has 1 N–H and O–H groups in total. The van der Waals surface area contributed by atoms with Crippen molar-refractivity contribution in [2.75, 3.05) is 12.8 Å². The van der Waals surface area contributed by atoms with Crippen molar-refractivity contribution in [2.45, 2.75) is 17.4 Å². The highest BCUT2D eigenvalue weighted by Gasteiger charge is 2.29. The molecular weight excluding hydrogens is 270 g/mol. The molecule has 20 heavy (non-hydrogen) atoms. The highest BCUT2D eigenvalue weighted by Crippen LogP contribution is 2.26. The summed E-state index contributed by atoms with van der Waals surface area (Å²) in [4.78, 5) is 0.652. The van der Waals surface area contributed by atoms with E-state index in [1.165, 1.54) is 7.05 Å². The monoisotopic (exact) mass is 289 g/mol. The Morgan fingerprint density at radius 2 is 1.55 bits per heavy atom. The molecule has 1 unspecified atom stereocenters. The molecule has 0 saturated heterocycles. The van der Waals surface area contributed by atoms with Crippen LogP contribution in [0.15, 0.2) is 69.9 Å². The minimum atomic E-state index is -2.64. The van der Waals surface area contributed by atoms with Crippen molar-refractivity contribution in [3.8, 4) is 0 Å². The van der Waals surface area contributed by atoms with Crippen LogP contribution in [0.25, 0.3) is 0 Å². The van der Waals surface area contributed by atoms with E-state index >= 15 is 0 Å². The zero-order valence-electron chi connectivity index (χ0n) is 11.7. The molecule has 0 aromatic heterocycles. The second-order valence-electron chi connectivity index (χ2n) is 4.92. The van der Waals surface area contributed by atoms with Crippen molar-refractivity contribution in [2.24, 2.45) is 4.36 Å². The van der Waals surface area contributed by atoms with Crippen LogP contribution in [0.1, 0.15) is 12.5 Å². The van der Waals surface area contributed by atoms with E-state index in [9.17, 15) is 9.32 Å². The van der Waals surface area contributed by atoms with Crippen LogP contribution in [0.4, 0.5) is 0 Å². The summed E-state index contributed by atoms with van der Waals surface area (Å²) in [6.45, 7) is 1.68. The third-order valence-corrected chi connectivity index (χ3v) is 5.83.